The summed E-state index contributed by atoms with van der Waals surface area (Å²) in [7, 11) is 0. The zero-order valence-corrected chi connectivity index (χ0v) is 39.1. The number of ether oxygens (including phenoxy) is 2. The van der Waals surface area contributed by atoms with Crippen LogP contribution in [0, 0.1) is 5.92 Å². The van der Waals surface area contributed by atoms with E-state index in [9.17, 15) is 43.8 Å². The number of aliphatic carboxylic acids is 2. The number of carboxylic acids is 2. The maximum Gasteiger partial charge on any atom is 0.329 e. The number of unbranched alkanes of at least 4 members (excludes halogenated alkanes) is 18. The lowest BCUT2D eigenvalue weighted by molar-refractivity contribution is -0.152. The number of hydrogen-bond donors (Lipinski definition) is 9. The maximum absolute atomic E-state index is 13.3. The van der Waals surface area contributed by atoms with E-state index in [1.807, 2.05) is 0 Å². The Balaban J connectivity index is 4.55. The normalized spacial score (nSPS) is 13.0. The molecule has 0 bridgehead atoms. The van der Waals surface area contributed by atoms with Crippen molar-refractivity contribution in [1.29, 1.82) is 0 Å². The van der Waals surface area contributed by atoms with Gasteiger partial charge in [0.05, 0.1) is 32.0 Å². The Morgan fingerprint density at radius 3 is 1.52 bits per heavy atom. The molecule has 0 aromatic rings. The number of carbonyl (C=O) groups is 7. The van der Waals surface area contributed by atoms with Crippen molar-refractivity contribution < 1.29 is 53.2 Å². The molecule has 0 aliphatic carbocycles. The molecule has 4 amide bonds. The highest BCUT2D eigenvalue weighted by molar-refractivity contribution is 5.96. The van der Waals surface area contributed by atoms with Crippen LogP contribution in [-0.4, -0.2) is 115 Å². The van der Waals surface area contributed by atoms with Gasteiger partial charge in [-0.25, -0.2) is 4.79 Å². The first kappa shape index (κ1) is 59.5. The van der Waals surface area contributed by atoms with Crippen molar-refractivity contribution in [2.24, 2.45) is 28.1 Å². The van der Waals surface area contributed by atoms with Gasteiger partial charge in [0.15, 0.2) is 5.96 Å². The molecule has 64 heavy (non-hydrogen) atoms. The Morgan fingerprint density at radius 2 is 1.05 bits per heavy atom. The fraction of sp³-hybridized carbons (Fsp3) is 0.822. The molecule has 0 aromatic carbocycles. The van der Waals surface area contributed by atoms with Crippen molar-refractivity contribution in [2.45, 2.75) is 199 Å². The molecule has 19 nitrogen and oxygen atoms in total. The molecule has 0 aliphatic rings. The summed E-state index contributed by atoms with van der Waals surface area (Å²) >= 11 is 0. The molecule has 0 saturated carbocycles. The third-order valence-corrected chi connectivity index (χ3v) is 10.6. The van der Waals surface area contributed by atoms with E-state index in [0.29, 0.717) is 12.8 Å². The summed E-state index contributed by atoms with van der Waals surface area (Å²) in [6, 6.07) is -5.58. The predicted octanol–water partition coefficient (Wildman–Crippen LogP) is 3.93. The van der Waals surface area contributed by atoms with E-state index in [1.54, 1.807) is 13.8 Å². The van der Waals surface area contributed by atoms with Gasteiger partial charge in [0.25, 0.3) is 0 Å². The summed E-state index contributed by atoms with van der Waals surface area (Å²) in [5.41, 5.74) is 16.3. The minimum atomic E-state index is -1.66. The number of amides is 4. The van der Waals surface area contributed by atoms with Gasteiger partial charge >= 0.3 is 17.9 Å². The van der Waals surface area contributed by atoms with Gasteiger partial charge in [-0.2, -0.15) is 0 Å². The quantitative estimate of drug-likeness (QED) is 0.0182. The number of carbonyl (C=O) groups excluding carboxylic acids is 5. The molecule has 12 N–H and O–H groups in total. The van der Waals surface area contributed by atoms with Crippen molar-refractivity contribution in [3.63, 3.8) is 0 Å². The summed E-state index contributed by atoms with van der Waals surface area (Å²) in [6.45, 7) is 6.74. The number of nitrogens with one attached hydrogen (secondary N) is 4. The van der Waals surface area contributed by atoms with Crippen molar-refractivity contribution in [1.82, 2.24) is 21.3 Å². The first-order valence-electron chi connectivity index (χ1n) is 23.8. The average Bonchev–Trinajstić information content (AvgIpc) is 3.23. The van der Waals surface area contributed by atoms with Crippen LogP contribution in [0.3, 0.4) is 0 Å². The van der Waals surface area contributed by atoms with E-state index in [1.165, 1.54) is 77.0 Å². The molecule has 0 aliphatic heterocycles. The molecule has 370 valence electrons. The Labute approximate surface area is 381 Å². The summed E-state index contributed by atoms with van der Waals surface area (Å²) in [5, 5.41) is 28.1. The van der Waals surface area contributed by atoms with Crippen LogP contribution in [-0.2, 0) is 43.0 Å². The van der Waals surface area contributed by atoms with Crippen LogP contribution in [0.15, 0.2) is 4.99 Å². The molecule has 19 heteroatoms. The lowest BCUT2D eigenvalue weighted by Gasteiger charge is -2.26. The van der Waals surface area contributed by atoms with Crippen LogP contribution in [0.25, 0.3) is 0 Å². The third kappa shape index (κ3) is 34.0. The number of esters is 1. The zero-order chi connectivity index (χ0) is 48.0. The lowest BCUT2D eigenvalue weighted by Crippen LogP contribution is -2.58. The van der Waals surface area contributed by atoms with Crippen molar-refractivity contribution in [3.8, 4) is 0 Å². The molecule has 0 radical (unpaired) electrons. The number of carboxylic acid groups (broad SMARTS) is 2. The van der Waals surface area contributed by atoms with E-state index in [-0.39, 0.29) is 25.5 Å². The van der Waals surface area contributed by atoms with Gasteiger partial charge in [0.1, 0.15) is 18.1 Å². The van der Waals surface area contributed by atoms with Gasteiger partial charge in [0, 0.05) is 19.8 Å². The van der Waals surface area contributed by atoms with E-state index >= 15 is 0 Å². The summed E-state index contributed by atoms with van der Waals surface area (Å²) in [6.07, 6.45) is 22.6. The van der Waals surface area contributed by atoms with E-state index in [4.69, 9.17) is 26.7 Å². The lowest BCUT2D eigenvalue weighted by atomic mass is 10.0. The zero-order valence-electron chi connectivity index (χ0n) is 39.1. The minimum absolute atomic E-state index is 0.0405. The smallest absolute Gasteiger partial charge is 0.329 e. The topological polar surface area (TPSA) is 317 Å². The minimum Gasteiger partial charge on any atom is -0.481 e. The van der Waals surface area contributed by atoms with Gasteiger partial charge < -0.3 is 58.2 Å². The highest BCUT2D eigenvalue weighted by Crippen LogP contribution is 2.13. The number of nitrogens with two attached hydrogens (primary N) is 3. The van der Waals surface area contributed by atoms with Gasteiger partial charge in [-0.15, -0.1) is 0 Å². The fourth-order valence-electron chi connectivity index (χ4n) is 6.78. The number of nitrogens with zero attached hydrogens (tertiary/aromatic N) is 1. The Kier molecular flexibility index (Phi) is 36.1. The fourth-order valence-corrected chi connectivity index (χ4v) is 6.78. The number of hydrogen-bond acceptors (Lipinski definition) is 11. The Hall–Kier alpha value is -4.52. The molecule has 0 saturated heterocycles. The molecule has 4 atom stereocenters. The summed E-state index contributed by atoms with van der Waals surface area (Å²) in [5.74, 6) is -8.04. The van der Waals surface area contributed by atoms with Gasteiger partial charge in [-0.05, 0) is 38.0 Å². The van der Waals surface area contributed by atoms with Crippen molar-refractivity contribution in [2.75, 3.05) is 32.9 Å². The number of aliphatic imine (C=N–C) groups is 1. The molecule has 0 aromatic heterocycles. The molecule has 0 heterocycles. The second-order valence-electron chi connectivity index (χ2n) is 16.9. The van der Waals surface area contributed by atoms with Crippen LogP contribution in [0.5, 0.6) is 0 Å². The monoisotopic (exact) mass is 913 g/mol. The molecule has 0 fully saturated rings. The second-order valence-corrected chi connectivity index (χ2v) is 16.9. The van der Waals surface area contributed by atoms with Crippen LogP contribution < -0.4 is 38.5 Å². The van der Waals surface area contributed by atoms with E-state index in [2.05, 4.69) is 33.2 Å². The third-order valence-electron chi connectivity index (χ3n) is 10.6. The van der Waals surface area contributed by atoms with Crippen molar-refractivity contribution >= 4 is 47.5 Å². The molecular formula is C45H84N8O11. The summed E-state index contributed by atoms with van der Waals surface area (Å²) in [4.78, 5) is 91.2. The van der Waals surface area contributed by atoms with E-state index < -0.39 is 91.0 Å². The Bertz CT molecular complexity index is 1360. The van der Waals surface area contributed by atoms with Crippen LogP contribution >= 0.6 is 0 Å². The van der Waals surface area contributed by atoms with Gasteiger partial charge in [0.2, 0.25) is 23.6 Å². The van der Waals surface area contributed by atoms with Crippen LogP contribution in [0.1, 0.15) is 175 Å². The maximum atomic E-state index is 13.3. The standard InChI is InChI=1S/C45H84N8O11/c1-4-5-6-7-8-9-12-15-18-21-27-63-28-22-19-16-13-10-11-14-17-20-23-29-64-44(62)36(31-39(57)58)52-43(61)40(33(2)3)53-42(60)35(30-38(55)56)51-37(54)32-50-41(59)34(46)25-24-26-49-45(47)48/h33-36,40H,4-32,46H2,1-3H3,(H,50,59)(H,51,54)(H,52,61)(H,53,60)(H,55,56)(H,57,58)(H4,47,48,49)/t34-,35-,36-,40-/m0/s1. The number of guanidine groups is 1. The number of rotatable bonds is 42. The predicted molar refractivity (Wildman–Crippen MR) is 246 cm³/mol. The SMILES string of the molecule is CCCCCCCCCCCCOCCCCCCCCCCCCOC(=O)[C@H](CC(=O)O)NC(=O)[C@@H](NC(=O)[C@H](CC(=O)O)NC(=O)CNC(=O)[C@@H](N)CCCN=C(N)N)C(C)C. The molecule has 0 unspecified atom stereocenters. The van der Waals surface area contributed by atoms with Crippen molar-refractivity contribution in [3.05, 3.63) is 0 Å². The largest absolute Gasteiger partial charge is 0.481 e. The average molecular weight is 913 g/mol. The molecular weight excluding hydrogens is 829 g/mol. The Morgan fingerprint density at radius 1 is 0.578 bits per heavy atom. The summed E-state index contributed by atoms with van der Waals surface area (Å²) < 4.78 is 11.1. The van der Waals surface area contributed by atoms with Crippen LogP contribution in [0.4, 0.5) is 0 Å². The second kappa shape index (κ2) is 38.9. The highest BCUT2D eigenvalue weighted by atomic mass is 16.5. The molecule has 0 rings (SSSR count). The first-order valence-corrected chi connectivity index (χ1v) is 23.8. The van der Waals surface area contributed by atoms with Crippen LogP contribution in [0.2, 0.25) is 0 Å². The highest BCUT2D eigenvalue weighted by Gasteiger charge is 2.33. The van der Waals surface area contributed by atoms with Gasteiger partial charge in [-0.3, -0.25) is 33.8 Å². The first-order chi connectivity index (χ1) is 30.6. The molecule has 0 spiro atoms. The van der Waals surface area contributed by atoms with E-state index in [0.717, 1.165) is 58.2 Å². The van der Waals surface area contributed by atoms with Gasteiger partial charge in [-0.1, -0.05) is 130 Å².